The highest BCUT2D eigenvalue weighted by Crippen LogP contribution is 2.20. The molecule has 1 amide bonds. The lowest BCUT2D eigenvalue weighted by atomic mass is 9.98. The number of hydrogen-bond acceptors (Lipinski definition) is 4. The molecule has 1 unspecified atom stereocenters. The first-order valence-electron chi connectivity index (χ1n) is 6.47. The zero-order valence-corrected chi connectivity index (χ0v) is 11.1. The van der Waals surface area contributed by atoms with Crippen molar-refractivity contribution in [2.24, 2.45) is 5.92 Å². The molecule has 1 aliphatic rings. The molecule has 1 aromatic heterocycles. The smallest absolute Gasteiger partial charge is 0.308 e. The van der Waals surface area contributed by atoms with E-state index >= 15 is 0 Å². The molecule has 0 radical (unpaired) electrons. The summed E-state index contributed by atoms with van der Waals surface area (Å²) in [6, 6.07) is 1.64. The SMILES string of the molecule is CC(C)c1cc(C(=O)N2CCCC(C(=O)O)C2)on1. The van der Waals surface area contributed by atoms with Crippen LogP contribution in [0.15, 0.2) is 10.6 Å². The second-order valence-corrected chi connectivity index (χ2v) is 5.20. The summed E-state index contributed by atoms with van der Waals surface area (Å²) in [5.41, 5.74) is 0.732. The number of hydrogen-bond donors (Lipinski definition) is 1. The number of piperidine rings is 1. The minimum Gasteiger partial charge on any atom is -0.481 e. The van der Waals surface area contributed by atoms with Gasteiger partial charge in [-0.25, -0.2) is 0 Å². The van der Waals surface area contributed by atoms with Gasteiger partial charge in [-0.3, -0.25) is 9.59 Å². The first-order valence-corrected chi connectivity index (χ1v) is 6.47. The molecule has 2 heterocycles. The zero-order chi connectivity index (χ0) is 14.0. The number of carboxylic acids is 1. The molecule has 0 bridgehead atoms. The van der Waals surface area contributed by atoms with Crippen molar-refractivity contribution >= 4 is 11.9 Å². The summed E-state index contributed by atoms with van der Waals surface area (Å²) in [7, 11) is 0. The minimum absolute atomic E-state index is 0.190. The van der Waals surface area contributed by atoms with Gasteiger partial charge in [0.2, 0.25) is 5.76 Å². The van der Waals surface area contributed by atoms with Crippen molar-refractivity contribution in [2.75, 3.05) is 13.1 Å². The molecule has 2 rings (SSSR count). The van der Waals surface area contributed by atoms with Crippen molar-refractivity contribution in [3.63, 3.8) is 0 Å². The Morgan fingerprint density at radius 1 is 1.53 bits per heavy atom. The molecule has 1 N–H and O–H groups in total. The Balaban J connectivity index is 2.08. The van der Waals surface area contributed by atoms with Gasteiger partial charge < -0.3 is 14.5 Å². The van der Waals surface area contributed by atoms with Crippen LogP contribution in [-0.4, -0.2) is 40.1 Å². The van der Waals surface area contributed by atoms with Crippen LogP contribution in [0.3, 0.4) is 0 Å². The Hall–Kier alpha value is -1.85. The Labute approximate surface area is 111 Å². The third kappa shape index (κ3) is 2.94. The van der Waals surface area contributed by atoms with E-state index in [9.17, 15) is 9.59 Å². The van der Waals surface area contributed by atoms with E-state index in [-0.39, 0.29) is 24.1 Å². The zero-order valence-electron chi connectivity index (χ0n) is 11.1. The molecule has 1 aromatic rings. The Kier molecular flexibility index (Phi) is 3.87. The highest BCUT2D eigenvalue weighted by Gasteiger charge is 2.30. The molecule has 1 fully saturated rings. The second kappa shape index (κ2) is 5.42. The number of amides is 1. The van der Waals surface area contributed by atoms with Crippen LogP contribution >= 0.6 is 0 Å². The van der Waals surface area contributed by atoms with Gasteiger partial charge in [0.05, 0.1) is 11.6 Å². The summed E-state index contributed by atoms with van der Waals surface area (Å²) in [6.45, 7) is 4.74. The van der Waals surface area contributed by atoms with Gasteiger partial charge >= 0.3 is 5.97 Å². The van der Waals surface area contributed by atoms with Gasteiger partial charge in [-0.1, -0.05) is 19.0 Å². The highest BCUT2D eigenvalue weighted by molar-refractivity contribution is 5.92. The van der Waals surface area contributed by atoms with Crippen molar-refractivity contribution in [1.82, 2.24) is 10.1 Å². The normalized spacial score (nSPS) is 19.7. The van der Waals surface area contributed by atoms with Crippen LogP contribution < -0.4 is 0 Å². The first kappa shape index (κ1) is 13.6. The molecule has 6 heteroatoms. The van der Waals surface area contributed by atoms with Gasteiger partial charge in [-0.2, -0.15) is 0 Å². The molecule has 19 heavy (non-hydrogen) atoms. The standard InChI is InChI=1S/C13H18N2O4/c1-8(2)10-6-11(19-14-10)12(16)15-5-3-4-9(7-15)13(17)18/h6,8-9H,3-5,7H2,1-2H3,(H,17,18). The number of aromatic nitrogens is 1. The maximum Gasteiger partial charge on any atom is 0.308 e. The third-order valence-electron chi connectivity index (χ3n) is 3.39. The van der Waals surface area contributed by atoms with Crippen LogP contribution in [0.2, 0.25) is 0 Å². The van der Waals surface area contributed by atoms with Crippen LogP contribution in [0.25, 0.3) is 0 Å². The molecule has 0 aliphatic carbocycles. The van der Waals surface area contributed by atoms with E-state index in [0.29, 0.717) is 19.4 Å². The first-order chi connectivity index (χ1) is 8.99. The summed E-state index contributed by atoms with van der Waals surface area (Å²) >= 11 is 0. The molecular formula is C13H18N2O4. The van der Waals surface area contributed by atoms with E-state index in [1.54, 1.807) is 6.07 Å². The number of carboxylic acid groups (broad SMARTS) is 1. The van der Waals surface area contributed by atoms with Gasteiger partial charge in [0.25, 0.3) is 5.91 Å². The Morgan fingerprint density at radius 3 is 2.84 bits per heavy atom. The molecule has 1 atom stereocenters. The molecule has 1 aliphatic heterocycles. The van der Waals surface area contributed by atoms with E-state index < -0.39 is 11.9 Å². The van der Waals surface area contributed by atoms with Crippen molar-refractivity contribution < 1.29 is 19.2 Å². The Bertz CT molecular complexity index is 481. The Morgan fingerprint density at radius 2 is 2.26 bits per heavy atom. The third-order valence-corrected chi connectivity index (χ3v) is 3.39. The van der Waals surface area contributed by atoms with Crippen LogP contribution in [-0.2, 0) is 4.79 Å². The maximum absolute atomic E-state index is 12.2. The summed E-state index contributed by atoms with van der Waals surface area (Å²) in [4.78, 5) is 24.7. The predicted octanol–water partition coefficient (Wildman–Crippen LogP) is 1.73. The van der Waals surface area contributed by atoms with E-state index in [1.807, 2.05) is 13.8 Å². The maximum atomic E-state index is 12.2. The molecule has 0 aromatic carbocycles. The number of carbonyl (C=O) groups excluding carboxylic acids is 1. The molecule has 104 valence electrons. The van der Waals surface area contributed by atoms with Crippen LogP contribution in [0.1, 0.15) is 48.9 Å². The highest BCUT2D eigenvalue weighted by atomic mass is 16.5. The monoisotopic (exact) mass is 266 g/mol. The number of rotatable bonds is 3. The van der Waals surface area contributed by atoms with Crippen molar-refractivity contribution in [1.29, 1.82) is 0 Å². The fraction of sp³-hybridized carbons (Fsp3) is 0.615. The fourth-order valence-corrected chi connectivity index (χ4v) is 2.18. The molecule has 0 spiro atoms. The number of carbonyl (C=O) groups is 2. The largest absolute Gasteiger partial charge is 0.481 e. The number of likely N-dealkylation sites (tertiary alicyclic amines) is 1. The average molecular weight is 266 g/mol. The summed E-state index contributed by atoms with van der Waals surface area (Å²) in [6.07, 6.45) is 1.32. The lowest BCUT2D eigenvalue weighted by Crippen LogP contribution is -2.42. The number of aliphatic carboxylic acids is 1. The van der Waals surface area contributed by atoms with Crippen molar-refractivity contribution in [3.8, 4) is 0 Å². The van der Waals surface area contributed by atoms with Crippen LogP contribution in [0, 0.1) is 5.92 Å². The molecule has 0 saturated carbocycles. The van der Waals surface area contributed by atoms with E-state index in [2.05, 4.69) is 5.16 Å². The molecule has 6 nitrogen and oxygen atoms in total. The van der Waals surface area contributed by atoms with Gasteiger partial charge in [0.15, 0.2) is 0 Å². The summed E-state index contributed by atoms with van der Waals surface area (Å²) in [5, 5.41) is 12.9. The average Bonchev–Trinajstić information content (AvgIpc) is 2.87. The van der Waals surface area contributed by atoms with Gasteiger partial charge in [-0.05, 0) is 18.8 Å². The lowest BCUT2D eigenvalue weighted by Gasteiger charge is -2.29. The van der Waals surface area contributed by atoms with Gasteiger partial charge in [0.1, 0.15) is 0 Å². The lowest BCUT2D eigenvalue weighted by molar-refractivity contribution is -0.143. The topological polar surface area (TPSA) is 83.6 Å². The predicted molar refractivity (Wildman–Crippen MR) is 66.9 cm³/mol. The molecule has 1 saturated heterocycles. The van der Waals surface area contributed by atoms with Crippen molar-refractivity contribution in [2.45, 2.75) is 32.6 Å². The van der Waals surface area contributed by atoms with Crippen molar-refractivity contribution in [3.05, 3.63) is 17.5 Å². The summed E-state index contributed by atoms with van der Waals surface area (Å²) < 4.78 is 5.05. The molecular weight excluding hydrogens is 248 g/mol. The summed E-state index contributed by atoms with van der Waals surface area (Å²) in [5.74, 6) is -1.22. The quantitative estimate of drug-likeness (QED) is 0.900. The van der Waals surface area contributed by atoms with Crippen LogP contribution in [0.4, 0.5) is 0 Å². The van der Waals surface area contributed by atoms with E-state index in [1.165, 1.54) is 4.90 Å². The fourth-order valence-electron chi connectivity index (χ4n) is 2.18. The minimum atomic E-state index is -0.849. The number of nitrogens with zero attached hydrogens (tertiary/aromatic N) is 2. The second-order valence-electron chi connectivity index (χ2n) is 5.20. The van der Waals surface area contributed by atoms with Crippen LogP contribution in [0.5, 0.6) is 0 Å². The van der Waals surface area contributed by atoms with E-state index in [0.717, 1.165) is 5.69 Å². The van der Waals surface area contributed by atoms with E-state index in [4.69, 9.17) is 9.63 Å². The van der Waals surface area contributed by atoms with Gasteiger partial charge in [-0.15, -0.1) is 0 Å². The van der Waals surface area contributed by atoms with Gasteiger partial charge in [0, 0.05) is 19.2 Å².